The Morgan fingerprint density at radius 2 is 1.00 bits per heavy atom. The van der Waals surface area contributed by atoms with Crippen molar-refractivity contribution in [1.29, 1.82) is 0 Å². The minimum Gasteiger partial charge on any atom is -0.344 e. The molecule has 0 aliphatic heterocycles. The van der Waals surface area contributed by atoms with Gasteiger partial charge in [0.25, 0.3) is 0 Å². The Balaban J connectivity index is 0. The average Bonchev–Trinajstić information content (AvgIpc) is 0. The van der Waals surface area contributed by atoms with Crippen LogP contribution in [0.3, 0.4) is 0 Å². The second kappa shape index (κ2) is 53.4. The van der Waals surface area contributed by atoms with Crippen molar-refractivity contribution in [1.82, 2.24) is 6.15 Å². The molecule has 0 spiro atoms. The van der Waals surface area contributed by atoms with Crippen LogP contribution in [0.25, 0.3) is 0 Å². The summed E-state index contributed by atoms with van der Waals surface area (Å²) in [5, 5.41) is 0. The first-order chi connectivity index (χ1) is 0. The molecule has 0 saturated carbocycles. The fourth-order valence-corrected chi connectivity index (χ4v) is 0. The molecule has 0 aliphatic carbocycles. The molecule has 0 aliphatic rings. The van der Waals surface area contributed by atoms with Crippen LogP contribution in [0.5, 0.6) is 0 Å². The fourth-order valence-electron chi connectivity index (χ4n) is 0. The summed E-state index contributed by atoms with van der Waals surface area (Å²) in [7, 11) is 0. The van der Waals surface area contributed by atoms with E-state index in [2.05, 4.69) is 0 Å². The van der Waals surface area contributed by atoms with Crippen LogP contribution in [0.15, 0.2) is 0 Å². The van der Waals surface area contributed by atoms with Gasteiger partial charge in [-0.05, 0) is 0 Å². The third kappa shape index (κ3) is 32.8. The SMILES string of the molecule is Br.N.S.[As].[Fe].[Ni]. The van der Waals surface area contributed by atoms with Gasteiger partial charge in [-0.2, -0.15) is 13.5 Å². The summed E-state index contributed by atoms with van der Waals surface area (Å²) in [5.41, 5.74) is 0. The average molecular weight is 321 g/mol. The number of halogens is 1. The predicted molar refractivity (Wildman–Crippen MR) is 31.5 cm³/mol. The van der Waals surface area contributed by atoms with E-state index < -0.39 is 0 Å². The fraction of sp³-hybridized carbons (Fsp3) is 0. The Hall–Kier alpha value is 2.36. The Kier molecular flexibility index (Phi) is 723. The molecule has 0 aromatic carbocycles. The molecule has 0 atom stereocenters. The van der Waals surface area contributed by atoms with Crippen LogP contribution in [0, 0.1) is 0 Å². The topological polar surface area (TPSA) is 35.0 Å². The molecule has 0 aromatic heterocycles. The van der Waals surface area contributed by atoms with Crippen LogP contribution in [0.1, 0.15) is 0 Å². The van der Waals surface area contributed by atoms with E-state index in [0.717, 1.165) is 0 Å². The molecule has 1 nitrogen and oxygen atoms in total. The van der Waals surface area contributed by atoms with Gasteiger partial charge in [-0.1, -0.05) is 0 Å². The molecule has 3 N–H and O–H groups in total. The Morgan fingerprint density at radius 1 is 1.00 bits per heavy atom. The summed E-state index contributed by atoms with van der Waals surface area (Å²) in [6.07, 6.45) is 0. The van der Waals surface area contributed by atoms with Gasteiger partial charge >= 0.3 is 0 Å². The van der Waals surface area contributed by atoms with Crippen molar-refractivity contribution in [3.05, 3.63) is 0 Å². The zero-order chi connectivity index (χ0) is 0. The van der Waals surface area contributed by atoms with Gasteiger partial charge in [0.1, 0.15) is 0 Å². The summed E-state index contributed by atoms with van der Waals surface area (Å²) < 4.78 is 0. The summed E-state index contributed by atoms with van der Waals surface area (Å²) in [5.74, 6) is 0. The van der Waals surface area contributed by atoms with Crippen LogP contribution in [0.4, 0.5) is 0 Å². The predicted octanol–water partition coefficient (Wildman–Crippen LogP) is 0.467. The summed E-state index contributed by atoms with van der Waals surface area (Å²) in [6.45, 7) is 0. The van der Waals surface area contributed by atoms with Crippen molar-refractivity contribution >= 4 is 48.4 Å². The second-order valence-corrected chi connectivity index (χ2v) is 0. The second-order valence-electron chi connectivity index (χ2n) is 0. The normalized spacial score (nSPS) is 0. The number of hydrogen-bond acceptors (Lipinski definition) is 1. The van der Waals surface area contributed by atoms with Gasteiger partial charge in [-0.15, -0.1) is 17.0 Å². The molecule has 6 heavy (non-hydrogen) atoms. The summed E-state index contributed by atoms with van der Waals surface area (Å²) in [4.78, 5) is 0. The van der Waals surface area contributed by atoms with Crippen LogP contribution < -0.4 is 6.15 Å². The van der Waals surface area contributed by atoms with Gasteiger partial charge in [0.05, 0.1) is 0 Å². The van der Waals surface area contributed by atoms with Gasteiger partial charge in [0.15, 0.2) is 0 Å². The van der Waals surface area contributed by atoms with Crippen molar-refractivity contribution < 1.29 is 33.6 Å². The van der Waals surface area contributed by atoms with E-state index in [0.29, 0.717) is 0 Å². The largest absolute Gasteiger partial charge is 0.344 e. The van der Waals surface area contributed by atoms with Gasteiger partial charge in [-0.25, -0.2) is 0 Å². The van der Waals surface area contributed by atoms with Gasteiger partial charge in [0.2, 0.25) is 0 Å². The quantitative estimate of drug-likeness (QED) is 0.647. The molecule has 0 saturated heterocycles. The van der Waals surface area contributed by atoms with E-state index in [1.165, 1.54) is 0 Å². The van der Waals surface area contributed by atoms with Crippen LogP contribution in [-0.4, -0.2) is 18.0 Å². The van der Waals surface area contributed by atoms with Crippen LogP contribution >= 0.6 is 30.5 Å². The third-order valence-corrected chi connectivity index (χ3v) is 0. The maximum atomic E-state index is 0. The van der Waals surface area contributed by atoms with E-state index in [4.69, 9.17) is 0 Å². The molecule has 0 heterocycles. The van der Waals surface area contributed by atoms with Crippen LogP contribution in [-0.2, 0) is 33.6 Å². The van der Waals surface area contributed by atoms with Crippen molar-refractivity contribution in [3.63, 3.8) is 0 Å². The van der Waals surface area contributed by atoms with Gasteiger partial charge < -0.3 is 6.15 Å². The van der Waals surface area contributed by atoms with Crippen molar-refractivity contribution in [2.75, 3.05) is 0 Å². The maximum Gasteiger partial charge on any atom is 0 e. The first-order valence-corrected chi connectivity index (χ1v) is 0. The first kappa shape index (κ1) is 81.3. The van der Waals surface area contributed by atoms with E-state index >= 15 is 0 Å². The van der Waals surface area contributed by atoms with Crippen molar-refractivity contribution in [2.45, 2.75) is 0 Å². The summed E-state index contributed by atoms with van der Waals surface area (Å²) >= 11 is 0. The molecule has 0 fully saturated rings. The number of rotatable bonds is 0. The van der Waals surface area contributed by atoms with Crippen molar-refractivity contribution in [3.8, 4) is 0 Å². The molecule has 0 amide bonds. The molecule has 0 unspecified atom stereocenters. The summed E-state index contributed by atoms with van der Waals surface area (Å²) in [6, 6.07) is 0. The molecule has 6 heteroatoms. The van der Waals surface area contributed by atoms with Gasteiger partial charge in [0, 0.05) is 51.5 Å². The third-order valence-electron chi connectivity index (χ3n) is 0. The van der Waals surface area contributed by atoms with Crippen LogP contribution in [0.2, 0.25) is 0 Å². The van der Waals surface area contributed by atoms with Crippen molar-refractivity contribution in [2.24, 2.45) is 0 Å². The molecular weight excluding hydrogens is 315 g/mol. The molecule has 0 rings (SSSR count). The Labute approximate surface area is 87.3 Å². The van der Waals surface area contributed by atoms with E-state index in [-0.39, 0.29) is 88.1 Å². The van der Waals surface area contributed by atoms with E-state index in [1.807, 2.05) is 0 Å². The Morgan fingerprint density at radius 3 is 1.00 bits per heavy atom. The molecule has 3 radical (unpaired) electrons. The molecule has 0 aromatic rings. The first-order valence-electron chi connectivity index (χ1n) is 0. The zero-order valence-electron chi connectivity index (χ0n) is 2.73. The maximum absolute atomic E-state index is 0. The van der Waals surface area contributed by atoms with Gasteiger partial charge in [-0.3, -0.25) is 0 Å². The van der Waals surface area contributed by atoms with E-state index in [1.54, 1.807) is 0 Å². The zero-order valence-corrected chi connectivity index (χ0v) is 9.41. The molecule has 0 bridgehead atoms. The smallest absolute Gasteiger partial charge is 0 e. The van der Waals surface area contributed by atoms with E-state index in [9.17, 15) is 0 Å². The molecule has 47 valence electrons. The Bertz CT molecular complexity index is 15.5. The minimum absolute atomic E-state index is 0. The monoisotopic (exact) mass is 320 g/mol. The molecular formula is H6AsBrFeNNiS. The number of hydrogen-bond donors (Lipinski definition) is 1. The minimum atomic E-state index is 0. The standard InChI is InChI=1S/As.BrH.Fe.H3N.Ni.H2S/h;1H;;1H3;;1H2.